The highest BCUT2D eigenvalue weighted by Gasteiger charge is 2.16. The Morgan fingerprint density at radius 3 is 2.75 bits per heavy atom. The number of hydrogen-bond donors (Lipinski definition) is 1. The zero-order valence-corrected chi connectivity index (χ0v) is 13.5. The normalized spacial score (nSPS) is 11.2. The number of aromatic amines is 1. The van der Waals surface area contributed by atoms with E-state index >= 15 is 0 Å². The Labute approximate surface area is 138 Å². The number of H-pyrrole nitrogens is 1. The SMILES string of the molecule is Cc1cccc(Cc2c(C)[nH]n(-c3nc4ccccc4o3)c2=O)c1. The molecule has 5 heteroatoms. The molecule has 0 unspecified atom stereocenters. The van der Waals surface area contributed by atoms with Gasteiger partial charge in [-0.25, -0.2) is 0 Å². The van der Waals surface area contributed by atoms with Crippen LogP contribution < -0.4 is 5.56 Å². The van der Waals surface area contributed by atoms with Crippen molar-refractivity contribution in [2.75, 3.05) is 0 Å². The maximum Gasteiger partial charge on any atom is 0.325 e. The topological polar surface area (TPSA) is 63.8 Å². The molecule has 24 heavy (non-hydrogen) atoms. The smallest absolute Gasteiger partial charge is 0.325 e. The van der Waals surface area contributed by atoms with Crippen molar-refractivity contribution in [1.29, 1.82) is 0 Å². The van der Waals surface area contributed by atoms with Crippen molar-refractivity contribution >= 4 is 11.1 Å². The molecule has 1 N–H and O–H groups in total. The Balaban J connectivity index is 1.77. The van der Waals surface area contributed by atoms with Gasteiger partial charge in [-0.1, -0.05) is 42.0 Å². The number of oxazole rings is 1. The average molecular weight is 319 g/mol. The van der Waals surface area contributed by atoms with Gasteiger partial charge in [0.25, 0.3) is 5.56 Å². The van der Waals surface area contributed by atoms with Crippen LogP contribution in [0, 0.1) is 13.8 Å². The number of nitrogens with zero attached hydrogens (tertiary/aromatic N) is 2. The third-order valence-corrected chi connectivity index (χ3v) is 4.13. The van der Waals surface area contributed by atoms with Crippen molar-refractivity contribution in [3.05, 3.63) is 81.3 Å². The van der Waals surface area contributed by atoms with E-state index in [-0.39, 0.29) is 11.6 Å². The number of hydrogen-bond acceptors (Lipinski definition) is 3. The van der Waals surface area contributed by atoms with Gasteiger partial charge in [-0.15, -0.1) is 0 Å². The van der Waals surface area contributed by atoms with E-state index in [4.69, 9.17) is 4.42 Å². The molecular weight excluding hydrogens is 302 g/mol. The van der Waals surface area contributed by atoms with E-state index in [2.05, 4.69) is 16.1 Å². The molecule has 0 amide bonds. The molecule has 0 atom stereocenters. The van der Waals surface area contributed by atoms with Gasteiger partial charge in [0, 0.05) is 17.7 Å². The summed E-state index contributed by atoms with van der Waals surface area (Å²) in [5.41, 5.74) is 5.10. The summed E-state index contributed by atoms with van der Waals surface area (Å²) in [5, 5.41) is 3.07. The summed E-state index contributed by atoms with van der Waals surface area (Å²) < 4.78 is 7.07. The summed E-state index contributed by atoms with van der Waals surface area (Å²) in [4.78, 5) is 17.2. The molecule has 0 spiro atoms. The fraction of sp³-hybridized carbons (Fsp3) is 0.158. The molecule has 2 aromatic heterocycles. The van der Waals surface area contributed by atoms with Gasteiger partial charge in [0.1, 0.15) is 5.52 Å². The van der Waals surface area contributed by atoms with Gasteiger partial charge in [0.15, 0.2) is 5.58 Å². The molecule has 0 fully saturated rings. The van der Waals surface area contributed by atoms with Crippen molar-refractivity contribution in [1.82, 2.24) is 14.8 Å². The molecule has 0 radical (unpaired) electrons. The quantitative estimate of drug-likeness (QED) is 0.628. The first-order valence-electron chi connectivity index (χ1n) is 7.84. The molecule has 0 bridgehead atoms. The lowest BCUT2D eigenvalue weighted by atomic mass is 10.0. The van der Waals surface area contributed by atoms with E-state index in [1.54, 1.807) is 0 Å². The Bertz CT molecular complexity index is 1050. The molecule has 0 aliphatic carbocycles. The van der Waals surface area contributed by atoms with E-state index in [0.29, 0.717) is 12.0 Å². The third kappa shape index (κ3) is 2.44. The van der Waals surface area contributed by atoms with Crippen LogP contribution in [-0.2, 0) is 6.42 Å². The largest absolute Gasteiger partial charge is 0.422 e. The molecule has 4 aromatic rings. The van der Waals surface area contributed by atoms with Crippen LogP contribution >= 0.6 is 0 Å². The summed E-state index contributed by atoms with van der Waals surface area (Å²) in [6.45, 7) is 3.94. The zero-order chi connectivity index (χ0) is 16.7. The number of nitrogens with one attached hydrogen (secondary N) is 1. The second kappa shape index (κ2) is 5.53. The first kappa shape index (κ1) is 14.5. The van der Waals surface area contributed by atoms with Crippen molar-refractivity contribution in [3.63, 3.8) is 0 Å². The average Bonchev–Trinajstić information content (AvgIpc) is 3.11. The minimum absolute atomic E-state index is 0.124. The minimum Gasteiger partial charge on any atom is -0.422 e. The van der Waals surface area contributed by atoms with Gasteiger partial charge in [-0.05, 0) is 31.5 Å². The van der Waals surface area contributed by atoms with Crippen molar-refractivity contribution in [2.45, 2.75) is 20.3 Å². The van der Waals surface area contributed by atoms with Crippen LogP contribution in [0.2, 0.25) is 0 Å². The summed E-state index contributed by atoms with van der Waals surface area (Å²) in [6, 6.07) is 15.9. The summed E-state index contributed by atoms with van der Waals surface area (Å²) >= 11 is 0. The monoisotopic (exact) mass is 319 g/mol. The fourth-order valence-electron chi connectivity index (χ4n) is 2.91. The first-order chi connectivity index (χ1) is 11.6. The molecule has 0 saturated heterocycles. The third-order valence-electron chi connectivity index (χ3n) is 4.13. The summed E-state index contributed by atoms with van der Waals surface area (Å²) in [5.74, 6) is 0. The second-order valence-corrected chi connectivity index (χ2v) is 5.99. The number of aromatic nitrogens is 3. The van der Waals surface area contributed by atoms with Gasteiger partial charge in [0.05, 0.1) is 0 Å². The maximum absolute atomic E-state index is 12.8. The lowest BCUT2D eigenvalue weighted by Crippen LogP contribution is -2.17. The molecule has 2 heterocycles. The fourth-order valence-corrected chi connectivity index (χ4v) is 2.91. The summed E-state index contributed by atoms with van der Waals surface area (Å²) in [6.07, 6.45) is 0.579. The predicted molar refractivity (Wildman–Crippen MR) is 92.7 cm³/mol. The number of para-hydroxylation sites is 2. The molecule has 5 nitrogen and oxygen atoms in total. The highest BCUT2D eigenvalue weighted by Crippen LogP contribution is 2.18. The van der Waals surface area contributed by atoms with Gasteiger partial charge in [-0.3, -0.25) is 9.89 Å². The van der Waals surface area contributed by atoms with E-state index in [0.717, 1.165) is 22.3 Å². The van der Waals surface area contributed by atoms with Crippen molar-refractivity contribution < 1.29 is 4.42 Å². The van der Waals surface area contributed by atoms with E-state index in [1.165, 1.54) is 10.2 Å². The number of aryl methyl sites for hydroxylation is 2. The molecule has 2 aromatic carbocycles. The number of rotatable bonds is 3. The van der Waals surface area contributed by atoms with Gasteiger partial charge in [-0.2, -0.15) is 9.67 Å². The molecular formula is C19H17N3O2. The molecule has 0 aliphatic heterocycles. The van der Waals surface area contributed by atoms with Crippen LogP contribution in [0.5, 0.6) is 0 Å². The number of benzene rings is 2. The molecule has 0 saturated carbocycles. The van der Waals surface area contributed by atoms with Crippen LogP contribution in [0.4, 0.5) is 0 Å². The van der Waals surface area contributed by atoms with Gasteiger partial charge in [0.2, 0.25) is 0 Å². The van der Waals surface area contributed by atoms with Crippen molar-refractivity contribution in [2.24, 2.45) is 0 Å². The van der Waals surface area contributed by atoms with Gasteiger partial charge < -0.3 is 4.42 Å². The van der Waals surface area contributed by atoms with Crippen molar-refractivity contribution in [3.8, 4) is 6.01 Å². The van der Waals surface area contributed by atoms with Crippen LogP contribution in [-0.4, -0.2) is 14.8 Å². The highest BCUT2D eigenvalue weighted by atomic mass is 16.4. The van der Waals surface area contributed by atoms with E-state index < -0.39 is 0 Å². The van der Waals surface area contributed by atoms with E-state index in [9.17, 15) is 4.79 Å². The first-order valence-corrected chi connectivity index (χ1v) is 7.84. The Hall–Kier alpha value is -3.08. The number of fused-ring (bicyclic) bond motifs is 1. The Morgan fingerprint density at radius 1 is 1.12 bits per heavy atom. The standard InChI is InChI=1S/C19H17N3O2/c1-12-6-5-7-14(10-12)11-15-13(2)21-22(18(15)23)19-20-16-8-3-4-9-17(16)24-19/h3-10,21H,11H2,1-2H3. The Morgan fingerprint density at radius 2 is 1.96 bits per heavy atom. The van der Waals surface area contributed by atoms with Crippen LogP contribution in [0.15, 0.2) is 57.7 Å². The van der Waals surface area contributed by atoms with E-state index in [1.807, 2.05) is 56.3 Å². The minimum atomic E-state index is -0.124. The van der Waals surface area contributed by atoms with Crippen LogP contribution in [0.3, 0.4) is 0 Å². The Kier molecular flexibility index (Phi) is 3.34. The van der Waals surface area contributed by atoms with Gasteiger partial charge >= 0.3 is 6.01 Å². The lowest BCUT2D eigenvalue weighted by molar-refractivity contribution is 0.535. The molecule has 120 valence electrons. The second-order valence-electron chi connectivity index (χ2n) is 5.99. The highest BCUT2D eigenvalue weighted by molar-refractivity contribution is 5.73. The molecule has 0 aliphatic rings. The summed E-state index contributed by atoms with van der Waals surface area (Å²) in [7, 11) is 0. The molecule has 4 rings (SSSR count). The van der Waals surface area contributed by atoms with Crippen LogP contribution in [0.25, 0.3) is 17.1 Å². The zero-order valence-electron chi connectivity index (χ0n) is 13.5. The van der Waals surface area contributed by atoms with Crippen LogP contribution in [0.1, 0.15) is 22.4 Å². The maximum atomic E-state index is 12.8. The predicted octanol–water partition coefficient (Wildman–Crippen LogP) is 3.51. The lowest BCUT2D eigenvalue weighted by Gasteiger charge is -2.00.